The molecule has 0 amide bonds. The fraction of sp³-hybridized carbons (Fsp3) is 0.333. The quantitative estimate of drug-likeness (QED) is 0.557. The van der Waals surface area contributed by atoms with Gasteiger partial charge in [-0.05, 0) is 25.0 Å². The minimum absolute atomic E-state index is 0.261. The predicted molar refractivity (Wildman–Crippen MR) is 120 cm³/mol. The minimum atomic E-state index is -0.828. The summed E-state index contributed by atoms with van der Waals surface area (Å²) in [4.78, 5) is 28.1. The van der Waals surface area contributed by atoms with E-state index in [0.717, 1.165) is 11.1 Å². The number of rotatable bonds is 8. The van der Waals surface area contributed by atoms with Crippen LogP contribution in [0.15, 0.2) is 70.3 Å². The van der Waals surface area contributed by atoms with E-state index >= 15 is 0 Å². The Morgan fingerprint density at radius 1 is 0.633 bits per heavy atom. The number of likely N-dealkylation sites (N-methyl/N-ethyl adjacent to an activating group) is 2. The van der Waals surface area contributed by atoms with Crippen molar-refractivity contribution in [1.29, 1.82) is 0 Å². The first-order valence-electron chi connectivity index (χ1n) is 10.0. The Balaban J connectivity index is 1.86. The molecule has 3 aromatic carbocycles. The number of nitrogens with zero attached hydrogens (tertiary/aromatic N) is 2. The van der Waals surface area contributed by atoms with Crippen LogP contribution in [-0.2, 0) is 0 Å². The third-order valence-corrected chi connectivity index (χ3v) is 5.98. The topological polar surface area (TPSA) is 81.1 Å². The van der Waals surface area contributed by atoms with E-state index in [4.69, 9.17) is 0 Å². The fourth-order valence-electron chi connectivity index (χ4n) is 3.71. The molecule has 0 fully saturated rings. The van der Waals surface area contributed by atoms with Gasteiger partial charge >= 0.3 is 0 Å². The van der Waals surface area contributed by atoms with Gasteiger partial charge in [0.15, 0.2) is 0 Å². The van der Waals surface area contributed by atoms with Gasteiger partial charge in [-0.1, -0.05) is 60.7 Å². The van der Waals surface area contributed by atoms with E-state index < -0.39 is 35.1 Å². The lowest BCUT2D eigenvalue weighted by atomic mass is 9.99. The first-order valence-corrected chi connectivity index (χ1v) is 10.0. The molecule has 0 aliphatic carbocycles. The predicted octanol–water partition coefficient (Wildman–Crippen LogP) is 2.40. The van der Waals surface area contributed by atoms with Crippen LogP contribution in [0.1, 0.15) is 37.2 Å². The molecule has 6 heteroatoms. The number of aliphatic hydroxyl groups excluding tert-OH is 2. The van der Waals surface area contributed by atoms with Crippen molar-refractivity contribution in [3.05, 3.63) is 92.2 Å². The van der Waals surface area contributed by atoms with Gasteiger partial charge in [-0.15, -0.1) is 0 Å². The van der Waals surface area contributed by atoms with Gasteiger partial charge in [0.1, 0.15) is 11.4 Å². The zero-order valence-electron chi connectivity index (χ0n) is 17.7. The largest absolute Gasteiger partial charge is 0.386 e. The SMILES string of the molecule is C[C@@H]([C@H](O)c1ccccc1)N(C)c1c(N(C)[C@@H](C)[C@H](O)c2ccccc2)c(=O)c1=O. The standard InChI is InChI=1S/C24H28N2O4/c1-15(21(27)17-11-7-5-8-12-17)25(3)19-20(24(30)23(19)29)26(4)16(2)22(28)18-13-9-6-10-14-18/h5-16,21-22,27-28H,1-4H3/t15-,16-,21-,22-/m0/s1. The second-order valence-corrected chi connectivity index (χ2v) is 7.77. The minimum Gasteiger partial charge on any atom is -0.386 e. The number of anilines is 2. The van der Waals surface area contributed by atoms with Crippen LogP contribution in [-0.4, -0.2) is 36.4 Å². The van der Waals surface area contributed by atoms with Crippen molar-refractivity contribution < 1.29 is 10.2 Å². The molecular weight excluding hydrogens is 380 g/mol. The van der Waals surface area contributed by atoms with Crippen LogP contribution in [0, 0.1) is 0 Å². The van der Waals surface area contributed by atoms with Crippen LogP contribution in [0.3, 0.4) is 0 Å². The van der Waals surface area contributed by atoms with Crippen LogP contribution in [0.4, 0.5) is 11.4 Å². The summed E-state index contributed by atoms with van der Waals surface area (Å²) in [6.07, 6.45) is -1.66. The van der Waals surface area contributed by atoms with Gasteiger partial charge in [-0.3, -0.25) is 9.59 Å². The zero-order chi connectivity index (χ0) is 22.0. The van der Waals surface area contributed by atoms with E-state index in [-0.39, 0.29) is 11.4 Å². The van der Waals surface area contributed by atoms with Gasteiger partial charge in [0.05, 0.1) is 24.3 Å². The maximum atomic E-state index is 12.4. The van der Waals surface area contributed by atoms with E-state index in [2.05, 4.69) is 0 Å². The molecule has 3 rings (SSSR count). The summed E-state index contributed by atoms with van der Waals surface area (Å²) in [6, 6.07) is 17.5. The number of hydrogen-bond donors (Lipinski definition) is 2. The summed E-state index contributed by atoms with van der Waals surface area (Å²) in [6.45, 7) is 3.61. The third kappa shape index (κ3) is 3.88. The van der Waals surface area contributed by atoms with Gasteiger partial charge in [0.2, 0.25) is 0 Å². The summed E-state index contributed by atoms with van der Waals surface area (Å²) in [5.74, 6) is 0. The smallest absolute Gasteiger partial charge is 0.253 e. The molecule has 0 heterocycles. The maximum Gasteiger partial charge on any atom is 0.253 e. The highest BCUT2D eigenvalue weighted by Gasteiger charge is 2.34. The Bertz CT molecular complexity index is 959. The van der Waals surface area contributed by atoms with Crippen molar-refractivity contribution in [3.63, 3.8) is 0 Å². The molecule has 0 aliphatic rings. The lowest BCUT2D eigenvalue weighted by molar-refractivity contribution is 0.149. The second-order valence-electron chi connectivity index (χ2n) is 7.77. The molecule has 158 valence electrons. The highest BCUT2D eigenvalue weighted by atomic mass is 16.3. The van der Waals surface area contributed by atoms with Crippen LogP contribution >= 0.6 is 0 Å². The van der Waals surface area contributed by atoms with Crippen LogP contribution < -0.4 is 20.7 Å². The van der Waals surface area contributed by atoms with E-state index in [0.29, 0.717) is 0 Å². The van der Waals surface area contributed by atoms with Gasteiger partial charge in [0, 0.05) is 14.1 Å². The average molecular weight is 408 g/mol. The van der Waals surface area contributed by atoms with E-state index in [1.54, 1.807) is 37.7 Å². The van der Waals surface area contributed by atoms with Crippen molar-refractivity contribution in [1.82, 2.24) is 0 Å². The van der Waals surface area contributed by atoms with Crippen LogP contribution in [0.2, 0.25) is 0 Å². The molecule has 6 nitrogen and oxygen atoms in total. The van der Waals surface area contributed by atoms with Crippen molar-refractivity contribution in [3.8, 4) is 0 Å². The third-order valence-electron chi connectivity index (χ3n) is 5.98. The molecule has 0 radical (unpaired) electrons. The van der Waals surface area contributed by atoms with Crippen molar-refractivity contribution >= 4 is 11.4 Å². The van der Waals surface area contributed by atoms with Crippen molar-refractivity contribution in [2.24, 2.45) is 0 Å². The van der Waals surface area contributed by atoms with Gasteiger partial charge in [-0.25, -0.2) is 0 Å². The molecular formula is C24H28N2O4. The summed E-state index contributed by atoms with van der Waals surface area (Å²) in [5, 5.41) is 21.5. The summed E-state index contributed by atoms with van der Waals surface area (Å²) in [5.41, 5.74) is 0.839. The van der Waals surface area contributed by atoms with Crippen LogP contribution in [0.5, 0.6) is 0 Å². The zero-order valence-corrected chi connectivity index (χ0v) is 17.7. The van der Waals surface area contributed by atoms with Crippen molar-refractivity contribution in [2.45, 2.75) is 38.1 Å². The Morgan fingerprint density at radius 3 is 1.23 bits per heavy atom. The second kappa shape index (κ2) is 8.81. The van der Waals surface area contributed by atoms with Gasteiger partial charge < -0.3 is 20.0 Å². The molecule has 0 spiro atoms. The van der Waals surface area contributed by atoms with E-state index in [1.807, 2.05) is 60.7 Å². The monoisotopic (exact) mass is 408 g/mol. The Morgan fingerprint density at radius 2 is 0.933 bits per heavy atom. The molecule has 2 N–H and O–H groups in total. The summed E-state index contributed by atoms with van der Waals surface area (Å²) < 4.78 is 0. The lowest BCUT2D eigenvalue weighted by Crippen LogP contribution is -2.50. The molecule has 0 aliphatic heterocycles. The molecule has 0 saturated heterocycles. The first kappa shape index (κ1) is 21.7. The highest BCUT2D eigenvalue weighted by molar-refractivity contribution is 5.76. The maximum absolute atomic E-state index is 12.4. The fourth-order valence-corrected chi connectivity index (χ4v) is 3.71. The van der Waals surface area contributed by atoms with E-state index in [9.17, 15) is 19.8 Å². The molecule has 0 bridgehead atoms. The molecule has 3 aromatic rings. The van der Waals surface area contributed by atoms with Crippen molar-refractivity contribution in [2.75, 3.05) is 23.9 Å². The first-order chi connectivity index (χ1) is 14.3. The molecule has 4 atom stereocenters. The molecule has 30 heavy (non-hydrogen) atoms. The number of benzene rings is 2. The average Bonchev–Trinajstić information content (AvgIpc) is 2.80. The highest BCUT2D eigenvalue weighted by Crippen LogP contribution is 2.31. The van der Waals surface area contributed by atoms with E-state index in [1.165, 1.54) is 0 Å². The molecule has 0 saturated carbocycles. The Labute approximate surface area is 176 Å². The summed E-state index contributed by atoms with van der Waals surface area (Å²) in [7, 11) is 3.39. The normalized spacial score (nSPS) is 15.4. The van der Waals surface area contributed by atoms with Gasteiger partial charge in [0.25, 0.3) is 10.9 Å². The Hall–Kier alpha value is -2.96. The lowest BCUT2D eigenvalue weighted by Gasteiger charge is -2.37. The number of aliphatic hydroxyl groups is 2. The summed E-state index contributed by atoms with van der Waals surface area (Å²) >= 11 is 0. The Kier molecular flexibility index (Phi) is 6.39. The number of hydrogen-bond acceptors (Lipinski definition) is 6. The molecule has 0 unspecified atom stereocenters. The van der Waals surface area contributed by atoms with Crippen LogP contribution in [0.25, 0.3) is 0 Å². The van der Waals surface area contributed by atoms with Gasteiger partial charge in [-0.2, -0.15) is 0 Å². The molecule has 0 aromatic heterocycles.